The molecule has 0 aliphatic rings. The molecule has 21 heavy (non-hydrogen) atoms. The van der Waals surface area contributed by atoms with Gasteiger partial charge in [-0.25, -0.2) is 4.68 Å². The Morgan fingerprint density at radius 1 is 1.48 bits per heavy atom. The van der Waals surface area contributed by atoms with Crippen molar-refractivity contribution in [3.63, 3.8) is 0 Å². The van der Waals surface area contributed by atoms with Crippen molar-refractivity contribution in [3.8, 4) is 5.75 Å². The first-order chi connectivity index (χ1) is 10.0. The number of amides is 1. The summed E-state index contributed by atoms with van der Waals surface area (Å²) in [6.45, 7) is -1.17. The van der Waals surface area contributed by atoms with Gasteiger partial charge in [0.25, 0.3) is 0 Å². The first kappa shape index (κ1) is 14.8. The molecular weight excluding hydrogens is 284 g/mol. The Hall–Kier alpha value is -2.58. The molecule has 0 spiro atoms. The Morgan fingerprint density at radius 3 is 2.95 bits per heavy atom. The van der Waals surface area contributed by atoms with E-state index in [0.717, 1.165) is 0 Å². The Labute approximate surface area is 118 Å². The summed E-state index contributed by atoms with van der Waals surface area (Å²) in [5.74, 6) is -0.251. The van der Waals surface area contributed by atoms with Crippen LogP contribution in [0.25, 0.3) is 0 Å². The lowest BCUT2D eigenvalue weighted by Crippen LogP contribution is -2.30. The molecule has 0 aliphatic heterocycles. The van der Waals surface area contributed by atoms with Crippen LogP contribution in [0.4, 0.5) is 8.78 Å². The number of tetrazole rings is 1. The van der Waals surface area contributed by atoms with Crippen molar-refractivity contribution in [2.75, 3.05) is 0 Å². The number of ether oxygens (including phenoxy) is 1. The van der Waals surface area contributed by atoms with E-state index in [2.05, 4.69) is 25.6 Å². The van der Waals surface area contributed by atoms with E-state index in [0.29, 0.717) is 5.56 Å². The Kier molecular flexibility index (Phi) is 4.75. The van der Waals surface area contributed by atoms with Crippen LogP contribution in [0.1, 0.15) is 18.5 Å². The van der Waals surface area contributed by atoms with Gasteiger partial charge in [0.2, 0.25) is 5.91 Å². The summed E-state index contributed by atoms with van der Waals surface area (Å²) in [5.41, 5.74) is 0.651. The number of alkyl halides is 2. The molecule has 0 bridgehead atoms. The highest BCUT2D eigenvalue weighted by molar-refractivity contribution is 5.76. The van der Waals surface area contributed by atoms with Crippen LogP contribution in [-0.2, 0) is 11.3 Å². The van der Waals surface area contributed by atoms with E-state index >= 15 is 0 Å². The lowest BCUT2D eigenvalue weighted by molar-refractivity contribution is -0.122. The number of nitrogens with one attached hydrogen (secondary N) is 1. The van der Waals surface area contributed by atoms with E-state index in [1.54, 1.807) is 19.1 Å². The average Bonchev–Trinajstić information content (AvgIpc) is 2.90. The van der Waals surface area contributed by atoms with Gasteiger partial charge in [-0.1, -0.05) is 12.1 Å². The maximum Gasteiger partial charge on any atom is 0.387 e. The smallest absolute Gasteiger partial charge is 0.387 e. The van der Waals surface area contributed by atoms with Gasteiger partial charge in [0.1, 0.15) is 18.6 Å². The van der Waals surface area contributed by atoms with Gasteiger partial charge in [-0.05, 0) is 35.0 Å². The fourth-order valence-electron chi connectivity index (χ4n) is 1.73. The number of benzene rings is 1. The van der Waals surface area contributed by atoms with E-state index in [9.17, 15) is 13.6 Å². The van der Waals surface area contributed by atoms with Crippen LogP contribution < -0.4 is 10.1 Å². The first-order valence-electron chi connectivity index (χ1n) is 6.09. The molecule has 1 aromatic carbocycles. The minimum Gasteiger partial charge on any atom is -0.435 e. The molecule has 0 fully saturated rings. The van der Waals surface area contributed by atoms with Crippen LogP contribution in [0.3, 0.4) is 0 Å². The van der Waals surface area contributed by atoms with Gasteiger partial charge in [-0.2, -0.15) is 8.78 Å². The van der Waals surface area contributed by atoms with Gasteiger partial charge in [-0.15, -0.1) is 5.10 Å². The number of hydrogen-bond donors (Lipinski definition) is 1. The standard InChI is InChI=1S/C12H13F2N5O2/c1-8(16-11(20)6-19-7-15-17-18-19)9-3-2-4-10(5-9)21-12(13)14/h2-5,7-8,12H,6H2,1H3,(H,16,20)/t8-/m0/s1. The molecule has 7 nitrogen and oxygen atoms in total. The number of carbonyl (C=O) groups is 1. The number of halogens is 2. The van der Waals surface area contributed by atoms with E-state index < -0.39 is 6.61 Å². The van der Waals surface area contributed by atoms with Crippen LogP contribution in [0.5, 0.6) is 5.75 Å². The molecule has 112 valence electrons. The first-order valence-corrected chi connectivity index (χ1v) is 6.09. The molecule has 1 atom stereocenters. The maximum absolute atomic E-state index is 12.2. The number of rotatable bonds is 6. The highest BCUT2D eigenvalue weighted by Gasteiger charge is 2.12. The zero-order chi connectivity index (χ0) is 15.2. The Morgan fingerprint density at radius 2 is 2.29 bits per heavy atom. The van der Waals surface area contributed by atoms with Crippen molar-refractivity contribution < 1.29 is 18.3 Å². The van der Waals surface area contributed by atoms with Gasteiger partial charge >= 0.3 is 6.61 Å². The van der Waals surface area contributed by atoms with Crippen molar-refractivity contribution in [3.05, 3.63) is 36.2 Å². The fraction of sp³-hybridized carbons (Fsp3) is 0.333. The second kappa shape index (κ2) is 6.73. The Balaban J connectivity index is 1.96. The van der Waals surface area contributed by atoms with Crippen molar-refractivity contribution in [2.45, 2.75) is 26.1 Å². The number of aromatic nitrogens is 4. The highest BCUT2D eigenvalue weighted by Crippen LogP contribution is 2.20. The maximum atomic E-state index is 12.2. The normalized spacial score (nSPS) is 12.2. The van der Waals surface area contributed by atoms with Crippen LogP contribution in [0.2, 0.25) is 0 Å². The van der Waals surface area contributed by atoms with Crippen LogP contribution in [0.15, 0.2) is 30.6 Å². The molecule has 1 aromatic heterocycles. The summed E-state index contributed by atoms with van der Waals surface area (Å²) in [6.07, 6.45) is 1.32. The molecule has 1 heterocycles. The minimum absolute atomic E-state index is 0.0232. The zero-order valence-corrected chi connectivity index (χ0v) is 11.1. The molecule has 2 aromatic rings. The van der Waals surface area contributed by atoms with Gasteiger partial charge in [0.05, 0.1) is 6.04 Å². The molecule has 0 unspecified atom stereocenters. The van der Waals surface area contributed by atoms with Crippen molar-refractivity contribution in [1.82, 2.24) is 25.5 Å². The Bertz CT molecular complexity index is 591. The summed E-state index contributed by atoms with van der Waals surface area (Å²) < 4.78 is 29.9. The molecule has 1 N–H and O–H groups in total. The molecule has 0 saturated carbocycles. The van der Waals surface area contributed by atoms with Crippen molar-refractivity contribution in [2.24, 2.45) is 0 Å². The lowest BCUT2D eigenvalue weighted by Gasteiger charge is -2.15. The summed E-state index contributed by atoms with van der Waals surface area (Å²) in [7, 11) is 0. The second-order valence-electron chi connectivity index (χ2n) is 4.25. The topological polar surface area (TPSA) is 81.9 Å². The summed E-state index contributed by atoms with van der Waals surface area (Å²) in [5, 5.41) is 13.1. The summed E-state index contributed by atoms with van der Waals surface area (Å²) in [6, 6.07) is 5.80. The zero-order valence-electron chi connectivity index (χ0n) is 11.1. The molecule has 0 radical (unpaired) electrons. The third-order valence-corrected chi connectivity index (χ3v) is 2.66. The second-order valence-corrected chi connectivity index (χ2v) is 4.25. The molecule has 2 rings (SSSR count). The fourth-order valence-corrected chi connectivity index (χ4v) is 1.73. The van der Waals surface area contributed by atoms with E-state index in [4.69, 9.17) is 0 Å². The third kappa shape index (κ3) is 4.48. The average molecular weight is 297 g/mol. The third-order valence-electron chi connectivity index (χ3n) is 2.66. The molecule has 0 aliphatic carbocycles. The van der Waals surface area contributed by atoms with Crippen LogP contribution >= 0.6 is 0 Å². The van der Waals surface area contributed by atoms with Crippen molar-refractivity contribution in [1.29, 1.82) is 0 Å². The number of hydrogen-bond acceptors (Lipinski definition) is 5. The molecular formula is C12H13F2N5O2. The molecule has 0 saturated heterocycles. The summed E-state index contributed by atoms with van der Waals surface area (Å²) in [4.78, 5) is 11.8. The highest BCUT2D eigenvalue weighted by atomic mass is 19.3. The van der Waals surface area contributed by atoms with Crippen LogP contribution in [0, 0.1) is 0 Å². The van der Waals surface area contributed by atoms with Crippen molar-refractivity contribution >= 4 is 5.91 Å². The largest absolute Gasteiger partial charge is 0.435 e. The number of nitrogens with zero attached hydrogens (tertiary/aromatic N) is 4. The van der Waals surface area contributed by atoms with Gasteiger partial charge in [0.15, 0.2) is 0 Å². The van der Waals surface area contributed by atoms with E-state index in [1.807, 2.05) is 0 Å². The quantitative estimate of drug-likeness (QED) is 0.865. The minimum atomic E-state index is -2.88. The van der Waals surface area contributed by atoms with Gasteiger partial charge in [0, 0.05) is 0 Å². The van der Waals surface area contributed by atoms with Gasteiger partial charge in [-0.3, -0.25) is 4.79 Å². The number of carbonyl (C=O) groups excluding carboxylic acids is 1. The molecule has 1 amide bonds. The van der Waals surface area contributed by atoms with Gasteiger partial charge < -0.3 is 10.1 Å². The SMILES string of the molecule is C[C@H](NC(=O)Cn1cnnn1)c1cccc(OC(F)F)c1. The molecule has 9 heteroatoms. The van der Waals surface area contributed by atoms with E-state index in [-0.39, 0.29) is 24.2 Å². The predicted molar refractivity (Wildman–Crippen MR) is 67.4 cm³/mol. The van der Waals surface area contributed by atoms with Crippen LogP contribution in [-0.4, -0.2) is 32.7 Å². The summed E-state index contributed by atoms with van der Waals surface area (Å²) >= 11 is 0. The van der Waals surface area contributed by atoms with E-state index in [1.165, 1.54) is 23.1 Å². The lowest BCUT2D eigenvalue weighted by atomic mass is 10.1. The predicted octanol–water partition coefficient (Wildman–Crippen LogP) is 1.15. The monoisotopic (exact) mass is 297 g/mol.